The van der Waals surface area contributed by atoms with Gasteiger partial charge in [0.1, 0.15) is 0 Å². The summed E-state index contributed by atoms with van der Waals surface area (Å²) in [6.45, 7) is 1.68. The van der Waals surface area contributed by atoms with E-state index in [0.29, 0.717) is 0 Å². The van der Waals surface area contributed by atoms with E-state index in [2.05, 4.69) is 0 Å². The molecule has 1 aromatic rings. The fraction of sp³-hybridized carbons (Fsp3) is 0.222. The number of carboxylic acid groups (broad SMARTS) is 1. The van der Waals surface area contributed by atoms with E-state index < -0.39 is 11.9 Å². The van der Waals surface area contributed by atoms with Crippen LogP contribution in [0, 0.1) is 35.6 Å². The van der Waals surface area contributed by atoms with Gasteiger partial charge in [0.05, 0.1) is 5.92 Å². The molecule has 1 N–H and O–H groups in total. The van der Waals surface area contributed by atoms with Crippen molar-refractivity contribution < 1.29 is 45.5 Å². The first-order valence-corrected chi connectivity index (χ1v) is 3.49. The Hall–Kier alpha value is -0.115. The number of rotatable bonds is 2. The molecular weight excluding hydrogens is 279 g/mol. The molecular formula is C9H10LaO2. The van der Waals surface area contributed by atoms with E-state index >= 15 is 0 Å². The molecule has 1 aromatic carbocycles. The molecule has 0 aliphatic rings. The van der Waals surface area contributed by atoms with Crippen molar-refractivity contribution in [2.24, 2.45) is 0 Å². The standard InChI is InChI=1S/C9H10O2.La/c1-7(9(10)11)8-5-3-2-4-6-8;/h2-7H,1H3,(H,10,11);. The van der Waals surface area contributed by atoms with Gasteiger partial charge in [-0.3, -0.25) is 4.79 Å². The first-order chi connectivity index (χ1) is 5.22. The molecule has 1 radical (unpaired) electrons. The molecule has 1 unspecified atom stereocenters. The maximum atomic E-state index is 10.5. The Kier molecular flexibility index (Phi) is 5.46. The van der Waals surface area contributed by atoms with Crippen LogP contribution in [0.15, 0.2) is 30.3 Å². The Morgan fingerprint density at radius 1 is 1.33 bits per heavy atom. The van der Waals surface area contributed by atoms with Crippen molar-refractivity contribution in [2.75, 3.05) is 0 Å². The molecule has 12 heavy (non-hydrogen) atoms. The summed E-state index contributed by atoms with van der Waals surface area (Å²) in [4.78, 5) is 10.5. The SMILES string of the molecule is CC(C(=O)O)c1ccccc1.[La]. The van der Waals surface area contributed by atoms with Gasteiger partial charge in [-0.2, -0.15) is 0 Å². The number of hydrogen-bond donors (Lipinski definition) is 1. The first kappa shape index (κ1) is 11.9. The van der Waals surface area contributed by atoms with Crippen LogP contribution in [0.4, 0.5) is 0 Å². The van der Waals surface area contributed by atoms with Gasteiger partial charge in [0.2, 0.25) is 0 Å². The smallest absolute Gasteiger partial charge is 0.310 e. The van der Waals surface area contributed by atoms with Gasteiger partial charge >= 0.3 is 5.97 Å². The van der Waals surface area contributed by atoms with Crippen molar-refractivity contribution in [3.8, 4) is 0 Å². The molecule has 1 rings (SSSR count). The van der Waals surface area contributed by atoms with Gasteiger partial charge < -0.3 is 5.11 Å². The minimum absolute atomic E-state index is 0. The monoisotopic (exact) mass is 289 g/mol. The van der Waals surface area contributed by atoms with Crippen LogP contribution < -0.4 is 0 Å². The molecule has 0 saturated heterocycles. The molecule has 0 spiro atoms. The Labute approximate surface area is 99.6 Å². The molecule has 0 heterocycles. The van der Waals surface area contributed by atoms with Crippen LogP contribution in [0.25, 0.3) is 0 Å². The second kappa shape index (κ2) is 5.52. The average molecular weight is 289 g/mol. The predicted octanol–water partition coefficient (Wildman–Crippen LogP) is 1.87. The van der Waals surface area contributed by atoms with Gasteiger partial charge in [0.15, 0.2) is 0 Å². The minimum Gasteiger partial charge on any atom is -0.481 e. The summed E-state index contributed by atoms with van der Waals surface area (Å²) in [5, 5.41) is 8.64. The molecule has 1 atom stereocenters. The molecule has 0 aliphatic heterocycles. The van der Waals surface area contributed by atoms with Gasteiger partial charge in [-0.05, 0) is 12.5 Å². The van der Waals surface area contributed by atoms with Gasteiger partial charge in [-0.15, -0.1) is 0 Å². The molecule has 2 nitrogen and oxygen atoms in total. The van der Waals surface area contributed by atoms with Crippen LogP contribution in [0.1, 0.15) is 18.4 Å². The van der Waals surface area contributed by atoms with E-state index in [0.717, 1.165) is 5.56 Å². The van der Waals surface area contributed by atoms with Crippen molar-refractivity contribution in [2.45, 2.75) is 12.8 Å². The van der Waals surface area contributed by atoms with Crippen molar-refractivity contribution in [3.63, 3.8) is 0 Å². The summed E-state index contributed by atoms with van der Waals surface area (Å²) >= 11 is 0. The summed E-state index contributed by atoms with van der Waals surface area (Å²) in [5.41, 5.74) is 0.847. The zero-order valence-electron chi connectivity index (χ0n) is 6.90. The largest absolute Gasteiger partial charge is 0.481 e. The van der Waals surface area contributed by atoms with E-state index in [9.17, 15) is 4.79 Å². The number of aliphatic carboxylic acids is 1. The van der Waals surface area contributed by atoms with Gasteiger partial charge in [0.25, 0.3) is 0 Å². The van der Waals surface area contributed by atoms with Crippen molar-refractivity contribution in [1.82, 2.24) is 0 Å². The van der Waals surface area contributed by atoms with Gasteiger partial charge in [-0.25, -0.2) is 0 Å². The molecule has 0 aromatic heterocycles. The Bertz CT molecular complexity index is 246. The normalized spacial score (nSPS) is 11.4. The molecule has 61 valence electrons. The first-order valence-electron chi connectivity index (χ1n) is 3.49. The quantitative estimate of drug-likeness (QED) is 0.902. The maximum absolute atomic E-state index is 10.5. The molecule has 3 heteroatoms. The van der Waals surface area contributed by atoms with E-state index in [-0.39, 0.29) is 35.6 Å². The number of hydrogen-bond acceptors (Lipinski definition) is 1. The summed E-state index contributed by atoms with van der Waals surface area (Å²) in [5.74, 6) is -1.19. The fourth-order valence-electron chi connectivity index (χ4n) is 0.884. The topological polar surface area (TPSA) is 37.3 Å². The van der Waals surface area contributed by atoms with Gasteiger partial charge in [0, 0.05) is 35.6 Å². The molecule has 0 bridgehead atoms. The fourth-order valence-corrected chi connectivity index (χ4v) is 0.884. The molecule has 0 amide bonds. The van der Waals surface area contributed by atoms with E-state index in [1.807, 2.05) is 30.3 Å². The van der Waals surface area contributed by atoms with Crippen LogP contribution in [-0.4, -0.2) is 11.1 Å². The van der Waals surface area contributed by atoms with Gasteiger partial charge in [-0.1, -0.05) is 30.3 Å². The average Bonchev–Trinajstić information content (AvgIpc) is 2.05. The Balaban J connectivity index is 0.00000121. The second-order valence-corrected chi connectivity index (χ2v) is 2.47. The zero-order chi connectivity index (χ0) is 8.27. The van der Waals surface area contributed by atoms with Crippen molar-refractivity contribution >= 4 is 5.97 Å². The van der Waals surface area contributed by atoms with E-state index in [1.165, 1.54) is 0 Å². The third-order valence-electron chi connectivity index (χ3n) is 1.67. The van der Waals surface area contributed by atoms with Crippen LogP contribution >= 0.6 is 0 Å². The van der Waals surface area contributed by atoms with Crippen molar-refractivity contribution in [3.05, 3.63) is 35.9 Å². The molecule has 0 saturated carbocycles. The minimum atomic E-state index is -0.781. The van der Waals surface area contributed by atoms with E-state index in [4.69, 9.17) is 5.11 Å². The Morgan fingerprint density at radius 2 is 1.83 bits per heavy atom. The summed E-state index contributed by atoms with van der Waals surface area (Å²) in [7, 11) is 0. The molecule has 0 aliphatic carbocycles. The van der Waals surface area contributed by atoms with Crippen LogP contribution in [-0.2, 0) is 4.79 Å². The maximum Gasteiger partial charge on any atom is 0.310 e. The summed E-state index contributed by atoms with van der Waals surface area (Å²) in [6, 6.07) is 9.19. The third-order valence-corrected chi connectivity index (χ3v) is 1.67. The third kappa shape index (κ3) is 3.09. The van der Waals surface area contributed by atoms with Crippen molar-refractivity contribution in [1.29, 1.82) is 0 Å². The zero-order valence-corrected chi connectivity index (χ0v) is 10.5. The predicted molar refractivity (Wildman–Crippen MR) is 42.5 cm³/mol. The summed E-state index contributed by atoms with van der Waals surface area (Å²) < 4.78 is 0. The number of benzene rings is 1. The number of carboxylic acids is 1. The number of carbonyl (C=O) groups is 1. The van der Waals surface area contributed by atoms with Crippen LogP contribution in [0.3, 0.4) is 0 Å². The Morgan fingerprint density at radius 3 is 2.25 bits per heavy atom. The summed E-state index contributed by atoms with van der Waals surface area (Å²) in [6.07, 6.45) is 0. The van der Waals surface area contributed by atoms with E-state index in [1.54, 1.807) is 6.92 Å². The van der Waals surface area contributed by atoms with Crippen LogP contribution in [0.5, 0.6) is 0 Å². The second-order valence-electron chi connectivity index (χ2n) is 2.47. The molecule has 0 fully saturated rings. The van der Waals surface area contributed by atoms with Crippen LogP contribution in [0.2, 0.25) is 0 Å².